The monoisotopic (exact) mass is 237 g/mol. The first-order chi connectivity index (χ1) is 8.24. The Morgan fingerprint density at radius 1 is 1.18 bits per heavy atom. The second kappa shape index (κ2) is 7.17. The van der Waals surface area contributed by atoms with Crippen LogP contribution in [-0.2, 0) is 0 Å². The third-order valence-corrected chi connectivity index (χ3v) is 2.95. The molecule has 3 nitrogen and oxygen atoms in total. The molecule has 96 valence electrons. The van der Waals surface area contributed by atoms with Crippen LogP contribution in [0.3, 0.4) is 0 Å². The van der Waals surface area contributed by atoms with Crippen molar-refractivity contribution >= 4 is 0 Å². The molecule has 0 bridgehead atoms. The molecule has 1 unspecified atom stereocenters. The number of methoxy groups -OCH3 is 2. The average molecular weight is 237 g/mol. The van der Waals surface area contributed by atoms with E-state index in [9.17, 15) is 0 Å². The lowest BCUT2D eigenvalue weighted by atomic mass is 10.00. The van der Waals surface area contributed by atoms with Crippen LogP contribution in [0.25, 0.3) is 0 Å². The van der Waals surface area contributed by atoms with Crippen molar-refractivity contribution in [2.45, 2.75) is 38.6 Å². The molecule has 0 heterocycles. The fraction of sp³-hybridized carbons (Fsp3) is 0.571. The Morgan fingerprint density at radius 3 is 2.53 bits per heavy atom. The molecule has 0 spiro atoms. The molecule has 0 aromatic heterocycles. The van der Waals surface area contributed by atoms with Gasteiger partial charge in [-0.05, 0) is 12.5 Å². The maximum atomic E-state index is 6.20. The molecule has 0 radical (unpaired) electrons. The highest BCUT2D eigenvalue weighted by Crippen LogP contribution is 2.35. The molecule has 0 amide bonds. The molecule has 1 aromatic rings. The summed E-state index contributed by atoms with van der Waals surface area (Å²) < 4.78 is 10.7. The van der Waals surface area contributed by atoms with Crippen LogP contribution in [0.4, 0.5) is 0 Å². The van der Waals surface area contributed by atoms with E-state index in [0.717, 1.165) is 29.9 Å². The van der Waals surface area contributed by atoms with Crippen molar-refractivity contribution < 1.29 is 9.47 Å². The molecule has 1 aromatic carbocycles. The highest BCUT2D eigenvalue weighted by atomic mass is 16.5. The van der Waals surface area contributed by atoms with Gasteiger partial charge in [0.05, 0.1) is 14.2 Å². The topological polar surface area (TPSA) is 44.5 Å². The maximum Gasteiger partial charge on any atom is 0.165 e. The van der Waals surface area contributed by atoms with Crippen LogP contribution in [0.5, 0.6) is 11.5 Å². The summed E-state index contributed by atoms with van der Waals surface area (Å²) in [6, 6.07) is 5.88. The van der Waals surface area contributed by atoms with Gasteiger partial charge in [-0.2, -0.15) is 0 Å². The van der Waals surface area contributed by atoms with E-state index in [4.69, 9.17) is 15.2 Å². The van der Waals surface area contributed by atoms with E-state index in [2.05, 4.69) is 6.92 Å². The van der Waals surface area contributed by atoms with Crippen molar-refractivity contribution in [3.05, 3.63) is 23.8 Å². The van der Waals surface area contributed by atoms with Crippen LogP contribution < -0.4 is 15.2 Å². The molecule has 0 aliphatic rings. The summed E-state index contributed by atoms with van der Waals surface area (Å²) >= 11 is 0. The Balaban J connectivity index is 2.81. The lowest BCUT2D eigenvalue weighted by Crippen LogP contribution is -2.12. The van der Waals surface area contributed by atoms with Crippen molar-refractivity contribution in [3.63, 3.8) is 0 Å². The van der Waals surface area contributed by atoms with Crippen molar-refractivity contribution in [2.24, 2.45) is 5.73 Å². The minimum Gasteiger partial charge on any atom is -0.493 e. The number of benzene rings is 1. The standard InChI is InChI=1S/C14H23NO2/c1-4-5-6-9-12(15)11-8-7-10-13(16-2)14(11)17-3/h7-8,10,12H,4-6,9,15H2,1-3H3. The zero-order chi connectivity index (χ0) is 12.7. The Morgan fingerprint density at radius 2 is 1.94 bits per heavy atom. The smallest absolute Gasteiger partial charge is 0.165 e. The predicted octanol–water partition coefficient (Wildman–Crippen LogP) is 3.28. The van der Waals surface area contributed by atoms with E-state index in [1.54, 1.807) is 14.2 Å². The average Bonchev–Trinajstić information content (AvgIpc) is 2.37. The van der Waals surface area contributed by atoms with Crippen molar-refractivity contribution in [2.75, 3.05) is 14.2 Å². The molecule has 0 fully saturated rings. The quantitative estimate of drug-likeness (QED) is 0.740. The first kappa shape index (κ1) is 13.8. The van der Waals surface area contributed by atoms with E-state index in [1.807, 2.05) is 18.2 Å². The largest absolute Gasteiger partial charge is 0.493 e. The summed E-state index contributed by atoms with van der Waals surface area (Å²) in [6.45, 7) is 2.19. The summed E-state index contributed by atoms with van der Waals surface area (Å²) in [5.41, 5.74) is 7.23. The van der Waals surface area contributed by atoms with Crippen LogP contribution in [0.2, 0.25) is 0 Å². The van der Waals surface area contributed by atoms with Gasteiger partial charge in [0, 0.05) is 11.6 Å². The van der Waals surface area contributed by atoms with Gasteiger partial charge in [-0.1, -0.05) is 38.3 Å². The summed E-state index contributed by atoms with van der Waals surface area (Å²) in [5, 5.41) is 0. The van der Waals surface area contributed by atoms with E-state index < -0.39 is 0 Å². The van der Waals surface area contributed by atoms with Gasteiger partial charge in [-0.3, -0.25) is 0 Å². The third kappa shape index (κ3) is 3.63. The number of unbranched alkanes of at least 4 members (excludes halogenated alkanes) is 2. The van der Waals surface area contributed by atoms with Gasteiger partial charge < -0.3 is 15.2 Å². The molecule has 3 heteroatoms. The molecule has 0 aliphatic heterocycles. The fourth-order valence-electron chi connectivity index (χ4n) is 1.97. The van der Waals surface area contributed by atoms with Gasteiger partial charge in [0.25, 0.3) is 0 Å². The first-order valence-corrected chi connectivity index (χ1v) is 6.21. The van der Waals surface area contributed by atoms with Gasteiger partial charge in [-0.25, -0.2) is 0 Å². The third-order valence-electron chi connectivity index (χ3n) is 2.95. The van der Waals surface area contributed by atoms with Crippen molar-refractivity contribution in [3.8, 4) is 11.5 Å². The fourth-order valence-corrected chi connectivity index (χ4v) is 1.97. The Labute approximate surface area is 104 Å². The number of para-hydroxylation sites is 1. The second-order valence-electron chi connectivity index (χ2n) is 4.19. The summed E-state index contributed by atoms with van der Waals surface area (Å²) in [5.74, 6) is 1.51. The number of ether oxygens (including phenoxy) is 2. The van der Waals surface area contributed by atoms with Crippen LogP contribution in [0, 0.1) is 0 Å². The zero-order valence-corrected chi connectivity index (χ0v) is 11.0. The van der Waals surface area contributed by atoms with E-state index in [1.165, 1.54) is 12.8 Å². The van der Waals surface area contributed by atoms with E-state index in [-0.39, 0.29) is 6.04 Å². The van der Waals surface area contributed by atoms with Gasteiger partial charge in [0.2, 0.25) is 0 Å². The maximum absolute atomic E-state index is 6.20. The highest BCUT2D eigenvalue weighted by molar-refractivity contribution is 5.47. The molecule has 2 N–H and O–H groups in total. The summed E-state index contributed by atoms with van der Waals surface area (Å²) in [6.07, 6.45) is 4.57. The molecule has 0 saturated heterocycles. The molecule has 0 aliphatic carbocycles. The Bertz CT molecular complexity index is 339. The summed E-state index contributed by atoms with van der Waals surface area (Å²) in [4.78, 5) is 0. The highest BCUT2D eigenvalue weighted by Gasteiger charge is 2.15. The molecule has 0 saturated carbocycles. The van der Waals surface area contributed by atoms with Gasteiger partial charge in [0.15, 0.2) is 11.5 Å². The van der Waals surface area contributed by atoms with E-state index in [0.29, 0.717) is 0 Å². The van der Waals surface area contributed by atoms with Crippen LogP contribution >= 0.6 is 0 Å². The first-order valence-electron chi connectivity index (χ1n) is 6.21. The summed E-state index contributed by atoms with van der Waals surface area (Å²) in [7, 11) is 3.30. The predicted molar refractivity (Wildman–Crippen MR) is 70.6 cm³/mol. The lowest BCUT2D eigenvalue weighted by molar-refractivity contribution is 0.348. The van der Waals surface area contributed by atoms with Gasteiger partial charge in [-0.15, -0.1) is 0 Å². The number of rotatable bonds is 7. The van der Waals surface area contributed by atoms with Crippen molar-refractivity contribution in [1.29, 1.82) is 0 Å². The number of hydrogen-bond donors (Lipinski definition) is 1. The molecule has 1 atom stereocenters. The Hall–Kier alpha value is -1.22. The van der Waals surface area contributed by atoms with Gasteiger partial charge >= 0.3 is 0 Å². The molecular formula is C14H23NO2. The zero-order valence-electron chi connectivity index (χ0n) is 11.0. The van der Waals surface area contributed by atoms with Crippen molar-refractivity contribution in [1.82, 2.24) is 0 Å². The lowest BCUT2D eigenvalue weighted by Gasteiger charge is -2.17. The molecular weight excluding hydrogens is 214 g/mol. The van der Waals surface area contributed by atoms with Crippen LogP contribution in [0.15, 0.2) is 18.2 Å². The minimum absolute atomic E-state index is 0.0200. The van der Waals surface area contributed by atoms with Gasteiger partial charge in [0.1, 0.15) is 0 Å². The van der Waals surface area contributed by atoms with Crippen LogP contribution in [0.1, 0.15) is 44.2 Å². The SMILES string of the molecule is CCCCCC(N)c1cccc(OC)c1OC. The second-order valence-corrected chi connectivity index (χ2v) is 4.19. The minimum atomic E-state index is 0.0200. The van der Waals surface area contributed by atoms with E-state index >= 15 is 0 Å². The molecule has 17 heavy (non-hydrogen) atoms. The number of nitrogens with two attached hydrogens (primary N) is 1. The van der Waals surface area contributed by atoms with Crippen LogP contribution in [-0.4, -0.2) is 14.2 Å². The number of hydrogen-bond acceptors (Lipinski definition) is 3. The normalized spacial score (nSPS) is 12.2. The molecule has 1 rings (SSSR count). The Kier molecular flexibility index (Phi) is 5.84.